The van der Waals surface area contributed by atoms with Gasteiger partial charge in [-0.15, -0.1) is 4.37 Å². The van der Waals surface area contributed by atoms with Crippen molar-refractivity contribution in [2.75, 3.05) is 26.2 Å². The van der Waals surface area contributed by atoms with Gasteiger partial charge in [0.1, 0.15) is 18.9 Å². The second kappa shape index (κ2) is 7.76. The van der Waals surface area contributed by atoms with Crippen LogP contribution in [0.2, 0.25) is 0 Å². The van der Waals surface area contributed by atoms with E-state index in [0.717, 1.165) is 11.7 Å². The summed E-state index contributed by atoms with van der Waals surface area (Å²) in [5, 5.41) is 14.9. The van der Waals surface area contributed by atoms with Gasteiger partial charge in [0, 0.05) is 19.6 Å². The molecule has 0 bridgehead atoms. The number of ether oxygens (including phenoxy) is 1. The number of aromatic nitrogens is 2. The van der Waals surface area contributed by atoms with Gasteiger partial charge >= 0.3 is 6.03 Å². The lowest BCUT2D eigenvalue weighted by Crippen LogP contribution is -2.38. The molecule has 0 aromatic carbocycles. The fraction of sp³-hybridized carbons (Fsp3) is 0.625. The van der Waals surface area contributed by atoms with Gasteiger partial charge in [-0.25, -0.2) is 4.79 Å². The molecule has 1 aromatic heterocycles. The fourth-order valence-electron chi connectivity index (χ4n) is 1.00. The molecule has 1 heterocycles. The standard InChI is InChI=1S/C8H15N5O3S/c9-8(15)11-2-1-10-3-6(14)5-16-7-4-12-17-13-7/h4,6,10,14H,1-3,5H2,(H3,9,11,15). The molecule has 0 saturated carbocycles. The summed E-state index contributed by atoms with van der Waals surface area (Å²) >= 11 is 1.04. The van der Waals surface area contributed by atoms with Gasteiger partial charge in [-0.3, -0.25) is 0 Å². The van der Waals surface area contributed by atoms with Crippen molar-refractivity contribution < 1.29 is 14.6 Å². The van der Waals surface area contributed by atoms with Crippen LogP contribution in [0.4, 0.5) is 4.79 Å². The van der Waals surface area contributed by atoms with Crippen LogP contribution in [0.25, 0.3) is 0 Å². The van der Waals surface area contributed by atoms with Crippen LogP contribution in [-0.2, 0) is 0 Å². The Labute approximate surface area is 102 Å². The molecule has 17 heavy (non-hydrogen) atoms. The fourth-order valence-corrected chi connectivity index (χ4v) is 1.37. The van der Waals surface area contributed by atoms with E-state index in [1.54, 1.807) is 0 Å². The van der Waals surface area contributed by atoms with Crippen molar-refractivity contribution in [1.29, 1.82) is 0 Å². The van der Waals surface area contributed by atoms with E-state index < -0.39 is 12.1 Å². The summed E-state index contributed by atoms with van der Waals surface area (Å²) in [7, 11) is 0. The molecule has 0 aliphatic heterocycles. The second-order valence-corrected chi connectivity index (χ2v) is 3.76. The minimum atomic E-state index is -0.648. The number of aliphatic hydroxyl groups is 1. The molecule has 8 nitrogen and oxygen atoms in total. The highest BCUT2D eigenvalue weighted by molar-refractivity contribution is 6.99. The Hall–Kier alpha value is -1.45. The molecule has 0 spiro atoms. The highest BCUT2D eigenvalue weighted by Gasteiger charge is 2.05. The van der Waals surface area contributed by atoms with Crippen LogP contribution >= 0.6 is 11.7 Å². The van der Waals surface area contributed by atoms with E-state index in [2.05, 4.69) is 19.4 Å². The molecule has 0 saturated heterocycles. The van der Waals surface area contributed by atoms with E-state index in [1.165, 1.54) is 6.20 Å². The topological polar surface area (TPSA) is 122 Å². The van der Waals surface area contributed by atoms with E-state index >= 15 is 0 Å². The molecule has 9 heteroatoms. The first-order chi connectivity index (χ1) is 8.18. The average Bonchev–Trinajstić information content (AvgIpc) is 2.78. The highest BCUT2D eigenvalue weighted by Crippen LogP contribution is 2.04. The summed E-state index contributed by atoms with van der Waals surface area (Å²) in [6.07, 6.45) is 0.840. The van der Waals surface area contributed by atoms with Crippen LogP contribution in [0.1, 0.15) is 0 Å². The Morgan fingerprint density at radius 2 is 2.47 bits per heavy atom. The van der Waals surface area contributed by atoms with Crippen molar-refractivity contribution in [1.82, 2.24) is 19.4 Å². The maximum atomic E-state index is 10.3. The molecule has 1 rings (SSSR count). The lowest BCUT2D eigenvalue weighted by atomic mass is 10.4. The summed E-state index contributed by atoms with van der Waals surface area (Å²) in [6, 6.07) is -0.563. The first-order valence-electron chi connectivity index (χ1n) is 5.01. The first kappa shape index (κ1) is 13.6. The summed E-state index contributed by atoms with van der Waals surface area (Å²) < 4.78 is 12.8. The van der Waals surface area contributed by atoms with Gasteiger partial charge in [0.05, 0.1) is 11.7 Å². The zero-order chi connectivity index (χ0) is 12.5. The van der Waals surface area contributed by atoms with E-state index in [4.69, 9.17) is 10.5 Å². The number of aliphatic hydroxyl groups excluding tert-OH is 1. The number of carbonyl (C=O) groups is 1. The summed E-state index contributed by atoms with van der Waals surface area (Å²) in [4.78, 5) is 10.3. The highest BCUT2D eigenvalue weighted by atomic mass is 32.1. The molecule has 0 fully saturated rings. The zero-order valence-electron chi connectivity index (χ0n) is 9.13. The van der Waals surface area contributed by atoms with Crippen molar-refractivity contribution in [3.63, 3.8) is 0 Å². The van der Waals surface area contributed by atoms with Crippen molar-refractivity contribution in [2.24, 2.45) is 5.73 Å². The van der Waals surface area contributed by atoms with Crippen molar-refractivity contribution in [3.05, 3.63) is 6.20 Å². The summed E-state index contributed by atoms with van der Waals surface area (Å²) in [6.45, 7) is 1.44. The van der Waals surface area contributed by atoms with Crippen LogP contribution in [0.3, 0.4) is 0 Å². The number of rotatable bonds is 8. The van der Waals surface area contributed by atoms with Gasteiger partial charge in [-0.1, -0.05) is 0 Å². The van der Waals surface area contributed by atoms with Gasteiger partial charge in [0.15, 0.2) is 0 Å². The van der Waals surface area contributed by atoms with Gasteiger partial charge in [-0.2, -0.15) is 4.37 Å². The number of nitrogens with two attached hydrogens (primary N) is 1. The van der Waals surface area contributed by atoms with Crippen LogP contribution in [0.15, 0.2) is 6.20 Å². The number of hydrogen-bond donors (Lipinski definition) is 4. The van der Waals surface area contributed by atoms with E-state index in [9.17, 15) is 9.90 Å². The minimum absolute atomic E-state index is 0.141. The third kappa shape index (κ3) is 6.66. The van der Waals surface area contributed by atoms with Gasteiger partial charge < -0.3 is 26.2 Å². The molecular formula is C8H15N5O3S. The number of carbonyl (C=O) groups excluding carboxylic acids is 1. The van der Waals surface area contributed by atoms with Crippen LogP contribution in [0.5, 0.6) is 5.88 Å². The summed E-state index contributed by atoms with van der Waals surface area (Å²) in [5.41, 5.74) is 4.88. The number of nitrogens with zero attached hydrogens (tertiary/aromatic N) is 2. The molecule has 96 valence electrons. The maximum Gasteiger partial charge on any atom is 0.312 e. The Morgan fingerprint density at radius 3 is 3.12 bits per heavy atom. The number of primary amides is 1. The molecule has 5 N–H and O–H groups in total. The molecule has 1 unspecified atom stereocenters. The Kier molecular flexibility index (Phi) is 6.22. The largest absolute Gasteiger partial charge is 0.473 e. The molecule has 1 atom stereocenters. The van der Waals surface area contributed by atoms with Crippen molar-refractivity contribution in [3.8, 4) is 5.88 Å². The minimum Gasteiger partial charge on any atom is -0.473 e. The molecule has 2 amide bonds. The van der Waals surface area contributed by atoms with Gasteiger partial charge in [-0.05, 0) is 0 Å². The molecule has 0 aliphatic rings. The van der Waals surface area contributed by atoms with E-state index in [0.29, 0.717) is 25.5 Å². The smallest absolute Gasteiger partial charge is 0.312 e. The van der Waals surface area contributed by atoms with Gasteiger partial charge in [0.25, 0.3) is 0 Å². The van der Waals surface area contributed by atoms with E-state index in [1.807, 2.05) is 0 Å². The van der Waals surface area contributed by atoms with Crippen LogP contribution in [0, 0.1) is 0 Å². The average molecular weight is 261 g/mol. The van der Waals surface area contributed by atoms with Crippen molar-refractivity contribution in [2.45, 2.75) is 6.10 Å². The zero-order valence-corrected chi connectivity index (χ0v) is 9.94. The van der Waals surface area contributed by atoms with Gasteiger partial charge in [0.2, 0.25) is 5.88 Å². The molecule has 0 radical (unpaired) electrons. The lowest BCUT2D eigenvalue weighted by molar-refractivity contribution is 0.104. The molecule has 0 aliphatic carbocycles. The number of hydrogen-bond acceptors (Lipinski definition) is 7. The number of urea groups is 1. The summed E-state index contributed by atoms with van der Waals surface area (Å²) in [5.74, 6) is 0.407. The lowest BCUT2D eigenvalue weighted by Gasteiger charge is -2.11. The van der Waals surface area contributed by atoms with E-state index in [-0.39, 0.29) is 6.61 Å². The second-order valence-electron chi connectivity index (χ2n) is 3.21. The Bertz CT molecular complexity index is 321. The predicted octanol–water partition coefficient (Wildman–Crippen LogP) is -1.46. The number of nitrogens with one attached hydrogen (secondary N) is 2. The Balaban J connectivity index is 1.97. The van der Waals surface area contributed by atoms with Crippen LogP contribution < -0.4 is 21.1 Å². The maximum absolute atomic E-state index is 10.3. The third-order valence-corrected chi connectivity index (χ3v) is 2.21. The SMILES string of the molecule is NC(=O)NCCNCC(O)COc1cnsn1. The number of amides is 2. The van der Waals surface area contributed by atoms with Crippen molar-refractivity contribution >= 4 is 17.8 Å². The van der Waals surface area contributed by atoms with Crippen LogP contribution in [-0.4, -0.2) is 52.2 Å². The Morgan fingerprint density at radius 1 is 1.65 bits per heavy atom. The third-order valence-electron chi connectivity index (χ3n) is 1.75. The normalized spacial score (nSPS) is 12.1. The molecular weight excluding hydrogens is 246 g/mol. The quantitative estimate of drug-likeness (QED) is 0.424. The first-order valence-corrected chi connectivity index (χ1v) is 5.74. The molecule has 1 aromatic rings. The monoisotopic (exact) mass is 261 g/mol. The predicted molar refractivity (Wildman–Crippen MR) is 61.9 cm³/mol.